The second kappa shape index (κ2) is 2.45. The SMILES string of the molecule is [O-][n+]1cccc2c3cccnc3[nH]c21. The zero-order valence-electron chi connectivity index (χ0n) is 7.27. The minimum absolute atomic E-state index is 0.557. The van der Waals surface area contributed by atoms with Gasteiger partial charge in [0.15, 0.2) is 0 Å². The maximum atomic E-state index is 11.4. The van der Waals surface area contributed by atoms with E-state index in [2.05, 4.69) is 9.97 Å². The molecule has 0 saturated heterocycles. The highest BCUT2D eigenvalue weighted by Gasteiger charge is 2.10. The van der Waals surface area contributed by atoms with Crippen LogP contribution in [0.4, 0.5) is 0 Å². The van der Waals surface area contributed by atoms with Gasteiger partial charge in [-0.1, -0.05) is 0 Å². The molecule has 1 N–H and O–H groups in total. The van der Waals surface area contributed by atoms with E-state index in [1.54, 1.807) is 12.3 Å². The third-order valence-electron chi connectivity index (χ3n) is 2.29. The van der Waals surface area contributed by atoms with Crippen molar-refractivity contribution in [1.82, 2.24) is 9.97 Å². The van der Waals surface area contributed by atoms with Gasteiger partial charge < -0.3 is 5.21 Å². The van der Waals surface area contributed by atoms with Gasteiger partial charge in [0.05, 0.1) is 17.0 Å². The number of aromatic nitrogens is 3. The second-order valence-electron chi connectivity index (χ2n) is 3.12. The smallest absolute Gasteiger partial charge is 0.292 e. The van der Waals surface area contributed by atoms with Crippen LogP contribution in [0.5, 0.6) is 0 Å². The van der Waals surface area contributed by atoms with Gasteiger partial charge in [0.2, 0.25) is 5.65 Å². The first kappa shape index (κ1) is 7.32. The zero-order valence-corrected chi connectivity index (χ0v) is 7.27. The van der Waals surface area contributed by atoms with Gasteiger partial charge in [-0.05, 0) is 24.3 Å². The predicted molar refractivity (Wildman–Crippen MR) is 52.6 cm³/mol. The molecule has 0 radical (unpaired) electrons. The number of aromatic amines is 1. The monoisotopic (exact) mass is 185 g/mol. The Morgan fingerprint density at radius 3 is 3.00 bits per heavy atom. The number of pyridine rings is 2. The van der Waals surface area contributed by atoms with Gasteiger partial charge in [-0.15, -0.1) is 0 Å². The van der Waals surface area contributed by atoms with Gasteiger partial charge in [-0.3, -0.25) is 0 Å². The van der Waals surface area contributed by atoms with Crippen LogP contribution in [-0.4, -0.2) is 9.97 Å². The van der Waals surface area contributed by atoms with Crippen LogP contribution < -0.4 is 4.73 Å². The van der Waals surface area contributed by atoms with Crippen molar-refractivity contribution in [2.24, 2.45) is 0 Å². The molecule has 4 nitrogen and oxygen atoms in total. The number of fused-ring (bicyclic) bond motifs is 3. The lowest BCUT2D eigenvalue weighted by Crippen LogP contribution is -2.25. The largest absolute Gasteiger partial charge is 0.711 e. The van der Waals surface area contributed by atoms with E-state index in [4.69, 9.17) is 0 Å². The van der Waals surface area contributed by atoms with E-state index in [0.29, 0.717) is 5.65 Å². The molecule has 0 fully saturated rings. The van der Waals surface area contributed by atoms with Crippen LogP contribution in [-0.2, 0) is 0 Å². The fourth-order valence-electron chi connectivity index (χ4n) is 1.66. The third kappa shape index (κ3) is 0.821. The zero-order chi connectivity index (χ0) is 9.54. The van der Waals surface area contributed by atoms with Crippen LogP contribution in [0.25, 0.3) is 22.1 Å². The molecule has 0 aliphatic carbocycles. The van der Waals surface area contributed by atoms with E-state index in [9.17, 15) is 5.21 Å². The van der Waals surface area contributed by atoms with E-state index < -0.39 is 0 Å². The molecule has 0 bridgehead atoms. The average molecular weight is 185 g/mol. The summed E-state index contributed by atoms with van der Waals surface area (Å²) in [5.41, 5.74) is 1.31. The Bertz CT molecular complexity index is 615. The van der Waals surface area contributed by atoms with E-state index in [1.807, 2.05) is 18.2 Å². The molecule has 3 aromatic rings. The number of rotatable bonds is 0. The van der Waals surface area contributed by atoms with Crippen molar-refractivity contribution in [2.75, 3.05) is 0 Å². The van der Waals surface area contributed by atoms with Crippen molar-refractivity contribution in [3.05, 3.63) is 41.9 Å². The van der Waals surface area contributed by atoms with Crippen LogP contribution in [0.1, 0.15) is 0 Å². The maximum Gasteiger partial charge on any atom is 0.292 e. The Morgan fingerprint density at radius 1 is 1.21 bits per heavy atom. The predicted octanol–water partition coefficient (Wildman–Crippen LogP) is 1.35. The van der Waals surface area contributed by atoms with Crippen molar-refractivity contribution >= 4 is 22.1 Å². The fourth-order valence-corrected chi connectivity index (χ4v) is 1.66. The van der Waals surface area contributed by atoms with Crippen LogP contribution in [0, 0.1) is 5.21 Å². The molecule has 0 aromatic carbocycles. The summed E-state index contributed by atoms with van der Waals surface area (Å²) in [6.45, 7) is 0. The van der Waals surface area contributed by atoms with Crippen molar-refractivity contribution in [2.45, 2.75) is 0 Å². The number of hydrogen-bond donors (Lipinski definition) is 1. The number of hydrogen-bond acceptors (Lipinski definition) is 2. The number of H-pyrrole nitrogens is 1. The Labute approximate surface area is 79.4 Å². The fraction of sp³-hybridized carbons (Fsp3) is 0. The number of nitrogens with zero attached hydrogens (tertiary/aromatic N) is 2. The van der Waals surface area contributed by atoms with Gasteiger partial charge in [0, 0.05) is 6.20 Å². The summed E-state index contributed by atoms with van der Waals surface area (Å²) in [6.07, 6.45) is 3.17. The summed E-state index contributed by atoms with van der Waals surface area (Å²) in [5, 5.41) is 13.3. The number of nitrogens with one attached hydrogen (secondary N) is 1. The molecule has 3 aromatic heterocycles. The van der Waals surface area contributed by atoms with Crippen LogP contribution in [0.3, 0.4) is 0 Å². The van der Waals surface area contributed by atoms with Crippen LogP contribution in [0.15, 0.2) is 36.7 Å². The Hall–Kier alpha value is -2.10. The van der Waals surface area contributed by atoms with Gasteiger partial charge in [0.1, 0.15) is 0 Å². The van der Waals surface area contributed by atoms with Crippen molar-refractivity contribution in [3.8, 4) is 0 Å². The summed E-state index contributed by atoms with van der Waals surface area (Å²) in [7, 11) is 0. The first-order valence-corrected chi connectivity index (χ1v) is 4.31. The lowest BCUT2D eigenvalue weighted by Gasteiger charge is -1.99. The molecule has 4 heteroatoms. The first-order valence-electron chi connectivity index (χ1n) is 4.31. The molecule has 68 valence electrons. The highest BCUT2D eigenvalue weighted by molar-refractivity contribution is 6.02. The summed E-state index contributed by atoms with van der Waals surface area (Å²) in [6, 6.07) is 7.44. The first-order chi connectivity index (χ1) is 6.86. The van der Waals surface area contributed by atoms with Crippen LogP contribution in [0.2, 0.25) is 0 Å². The highest BCUT2D eigenvalue weighted by Crippen LogP contribution is 2.20. The molecule has 0 atom stereocenters. The molecule has 0 amide bonds. The standard InChI is InChI=1S/C10H7N3O/c14-13-6-2-4-8-7-3-1-5-11-9(7)12-10(8)13/h1-6H,(H,11,12). The van der Waals surface area contributed by atoms with Gasteiger partial charge >= 0.3 is 0 Å². The molecule has 3 heterocycles. The molecule has 3 rings (SSSR count). The van der Waals surface area contributed by atoms with E-state index in [-0.39, 0.29) is 0 Å². The molecule has 0 saturated carbocycles. The average Bonchev–Trinajstić information content (AvgIpc) is 2.59. The second-order valence-corrected chi connectivity index (χ2v) is 3.12. The molecular weight excluding hydrogens is 178 g/mol. The third-order valence-corrected chi connectivity index (χ3v) is 2.29. The summed E-state index contributed by atoms with van der Waals surface area (Å²) < 4.78 is 0.816. The van der Waals surface area contributed by atoms with Crippen molar-refractivity contribution < 1.29 is 4.73 Å². The topological polar surface area (TPSA) is 55.6 Å². The highest BCUT2D eigenvalue weighted by atomic mass is 16.5. The van der Waals surface area contributed by atoms with E-state index in [0.717, 1.165) is 21.2 Å². The van der Waals surface area contributed by atoms with Gasteiger partial charge in [0.25, 0.3) is 5.65 Å². The van der Waals surface area contributed by atoms with E-state index >= 15 is 0 Å². The Kier molecular flexibility index (Phi) is 1.28. The van der Waals surface area contributed by atoms with Gasteiger partial charge in [-0.25, -0.2) is 14.7 Å². The van der Waals surface area contributed by atoms with Gasteiger partial charge in [-0.2, -0.15) is 0 Å². The minimum Gasteiger partial charge on any atom is -0.711 e. The summed E-state index contributed by atoms with van der Waals surface area (Å²) in [5.74, 6) is 0. The molecule has 0 unspecified atom stereocenters. The lowest BCUT2D eigenvalue weighted by atomic mass is 10.2. The maximum absolute atomic E-state index is 11.4. The molecule has 0 aliphatic heterocycles. The minimum atomic E-state index is 0.557. The molecule has 14 heavy (non-hydrogen) atoms. The molecule has 0 aliphatic rings. The van der Waals surface area contributed by atoms with Crippen LogP contribution >= 0.6 is 0 Å². The molecule has 0 spiro atoms. The Morgan fingerprint density at radius 2 is 2.07 bits per heavy atom. The lowest BCUT2D eigenvalue weighted by molar-refractivity contribution is -0.578. The molecular formula is C10H7N3O. The summed E-state index contributed by atoms with van der Waals surface area (Å²) in [4.78, 5) is 7.14. The Balaban J connectivity index is 2.63. The van der Waals surface area contributed by atoms with Crippen molar-refractivity contribution in [1.29, 1.82) is 0 Å². The normalized spacial score (nSPS) is 11.1. The van der Waals surface area contributed by atoms with Crippen molar-refractivity contribution in [3.63, 3.8) is 0 Å². The van der Waals surface area contributed by atoms with E-state index in [1.165, 1.54) is 6.20 Å². The summed E-state index contributed by atoms with van der Waals surface area (Å²) >= 11 is 0. The quantitative estimate of drug-likeness (QED) is 0.424.